The second-order valence-corrected chi connectivity index (χ2v) is 11.7. The molecule has 0 saturated heterocycles. The summed E-state index contributed by atoms with van der Waals surface area (Å²) in [5.74, 6) is 0.355. The van der Waals surface area contributed by atoms with E-state index in [1.165, 1.54) is 21.5 Å². The number of esters is 1. The van der Waals surface area contributed by atoms with Crippen LogP contribution in [0.25, 0.3) is 0 Å². The molecular weight excluding hydrogens is 475 g/mol. The Balaban J connectivity index is 0.00000342. The first kappa shape index (κ1) is 26.5. The number of hydrogen-bond acceptors (Lipinski definition) is 3. The molecule has 4 aromatic rings. The molecule has 4 aromatic carbocycles. The first-order valence-electron chi connectivity index (χ1n) is 11.6. The van der Waals surface area contributed by atoms with E-state index in [2.05, 4.69) is 103 Å². The minimum atomic E-state index is -1.97. The Morgan fingerprint density at radius 2 is 1.23 bits per heavy atom. The molecule has 0 aliphatic heterocycles. The molecule has 3 nitrogen and oxygen atoms in total. The summed E-state index contributed by atoms with van der Waals surface area (Å²) in [5.41, 5.74) is 2.25. The van der Waals surface area contributed by atoms with Crippen LogP contribution in [-0.4, -0.2) is 19.2 Å². The molecule has 0 spiro atoms. The highest BCUT2D eigenvalue weighted by Gasteiger charge is 2.45. The van der Waals surface area contributed by atoms with Crippen molar-refractivity contribution in [3.05, 3.63) is 120 Å². The van der Waals surface area contributed by atoms with Crippen LogP contribution in [0.15, 0.2) is 109 Å². The Hall–Kier alpha value is -3.13. The van der Waals surface area contributed by atoms with Gasteiger partial charge in [-0.1, -0.05) is 60.7 Å². The number of ether oxygens (including phenoxy) is 2. The number of halogens is 1. The van der Waals surface area contributed by atoms with E-state index >= 15 is 0 Å². The number of hydrogen-bond donors (Lipinski definition) is 0. The molecule has 0 aromatic heterocycles. The topological polar surface area (TPSA) is 35.5 Å². The maximum Gasteiger partial charge on any atom is 0.344 e. The summed E-state index contributed by atoms with van der Waals surface area (Å²) in [6.45, 7) is 4.09. The van der Waals surface area contributed by atoms with Crippen molar-refractivity contribution in [3.63, 3.8) is 0 Å². The molecule has 35 heavy (non-hydrogen) atoms. The average molecular weight is 505 g/mol. The molecule has 0 bridgehead atoms. The van der Waals surface area contributed by atoms with Crippen LogP contribution in [0.4, 0.5) is 0 Å². The van der Waals surface area contributed by atoms with Crippen LogP contribution in [0.2, 0.25) is 0 Å². The zero-order chi connectivity index (χ0) is 23.8. The molecule has 0 unspecified atom stereocenters. The zero-order valence-corrected chi connectivity index (χ0v) is 21.7. The van der Waals surface area contributed by atoms with Gasteiger partial charge in [0.25, 0.3) is 0 Å². The highest BCUT2D eigenvalue weighted by atomic mass is 35.5. The van der Waals surface area contributed by atoms with Gasteiger partial charge in [0, 0.05) is 0 Å². The van der Waals surface area contributed by atoms with E-state index in [0.717, 1.165) is 11.7 Å². The van der Waals surface area contributed by atoms with E-state index in [1.807, 2.05) is 13.0 Å². The van der Waals surface area contributed by atoms with Crippen molar-refractivity contribution < 1.29 is 26.7 Å². The van der Waals surface area contributed by atoms with Gasteiger partial charge in [0.1, 0.15) is 28.9 Å². The van der Waals surface area contributed by atoms with E-state index in [0.29, 0.717) is 12.4 Å². The summed E-state index contributed by atoms with van der Waals surface area (Å²) in [4.78, 5) is 11.7. The molecule has 0 heterocycles. The van der Waals surface area contributed by atoms with Crippen molar-refractivity contribution in [2.75, 3.05) is 13.2 Å². The van der Waals surface area contributed by atoms with Crippen molar-refractivity contribution in [1.29, 1.82) is 0 Å². The normalized spacial score (nSPS) is 10.8. The lowest BCUT2D eigenvalue weighted by molar-refractivity contribution is -0.145. The summed E-state index contributed by atoms with van der Waals surface area (Å²) in [7, 11) is -1.97. The zero-order valence-electron chi connectivity index (χ0n) is 20.1. The van der Waals surface area contributed by atoms with Gasteiger partial charge in [-0.2, -0.15) is 0 Å². The summed E-state index contributed by atoms with van der Waals surface area (Å²) < 4.78 is 10.7. The fourth-order valence-electron chi connectivity index (χ4n) is 4.35. The minimum absolute atomic E-state index is 0. The van der Waals surface area contributed by atoms with E-state index in [4.69, 9.17) is 9.47 Å². The molecular formula is C30H30ClO3P. The fourth-order valence-corrected chi connectivity index (χ4v) is 8.58. The van der Waals surface area contributed by atoms with Crippen LogP contribution in [0, 0.1) is 6.92 Å². The molecule has 0 radical (unpaired) electrons. The predicted octanol–water partition coefficient (Wildman–Crippen LogP) is 2.44. The molecule has 0 saturated carbocycles. The van der Waals surface area contributed by atoms with Crippen molar-refractivity contribution >= 4 is 29.1 Å². The average Bonchev–Trinajstić information content (AvgIpc) is 2.88. The molecule has 180 valence electrons. The molecule has 0 amide bonds. The number of rotatable bonds is 9. The van der Waals surface area contributed by atoms with Gasteiger partial charge in [0.15, 0.2) is 6.61 Å². The van der Waals surface area contributed by atoms with Crippen LogP contribution < -0.4 is 33.1 Å². The maximum atomic E-state index is 11.7. The van der Waals surface area contributed by atoms with Crippen molar-refractivity contribution in [1.82, 2.24) is 0 Å². The van der Waals surface area contributed by atoms with Gasteiger partial charge in [-0.3, -0.25) is 0 Å². The number of benzene rings is 4. The van der Waals surface area contributed by atoms with Gasteiger partial charge in [0.2, 0.25) is 0 Å². The second kappa shape index (κ2) is 12.5. The SMILES string of the molecule is CCOC(=O)COc1ccc(C[P+](c2ccccc2)(c2ccccc2)c2ccccc2)cc1C.[Cl-]. The van der Waals surface area contributed by atoms with Crippen molar-refractivity contribution in [3.8, 4) is 5.75 Å². The Labute approximate surface area is 214 Å². The molecule has 0 aliphatic carbocycles. The Morgan fingerprint density at radius 3 is 1.66 bits per heavy atom. The highest BCUT2D eigenvalue weighted by Crippen LogP contribution is 2.58. The third-order valence-electron chi connectivity index (χ3n) is 5.90. The van der Waals surface area contributed by atoms with E-state index in [1.54, 1.807) is 6.92 Å². The Kier molecular flexibility index (Phi) is 9.48. The van der Waals surface area contributed by atoms with Crippen LogP contribution >= 0.6 is 7.26 Å². The van der Waals surface area contributed by atoms with Crippen LogP contribution in [-0.2, 0) is 15.7 Å². The van der Waals surface area contributed by atoms with E-state index in [9.17, 15) is 4.79 Å². The number of aryl methyl sites for hydroxylation is 1. The van der Waals surface area contributed by atoms with Gasteiger partial charge in [-0.05, 0) is 73.5 Å². The molecule has 5 heteroatoms. The maximum absolute atomic E-state index is 11.7. The second-order valence-electron chi connectivity index (χ2n) is 8.17. The molecule has 0 atom stereocenters. The van der Waals surface area contributed by atoms with Gasteiger partial charge in [-0.25, -0.2) is 4.79 Å². The highest BCUT2D eigenvalue weighted by molar-refractivity contribution is 7.95. The molecule has 0 N–H and O–H groups in total. The summed E-state index contributed by atoms with van der Waals surface area (Å²) in [6, 6.07) is 38.9. The van der Waals surface area contributed by atoms with E-state index in [-0.39, 0.29) is 25.0 Å². The number of carbonyl (C=O) groups excluding carboxylic acids is 1. The van der Waals surface area contributed by atoms with Crippen molar-refractivity contribution in [2.24, 2.45) is 0 Å². The summed E-state index contributed by atoms with van der Waals surface area (Å²) in [6.07, 6.45) is 0.893. The van der Waals surface area contributed by atoms with Crippen LogP contribution in [0.1, 0.15) is 18.1 Å². The largest absolute Gasteiger partial charge is 1.00 e. The predicted molar refractivity (Wildman–Crippen MR) is 142 cm³/mol. The standard InChI is InChI=1S/C30H30O3P.ClH/c1-3-32-30(31)22-33-29-20-19-25(21-24(29)2)23-34(26-13-7-4-8-14-26,27-15-9-5-10-16-27)28-17-11-6-12-18-28;/h4-21H,3,22-23H2,1-2H3;1H/q+1;/p-1. The lowest BCUT2D eigenvalue weighted by Gasteiger charge is -2.28. The smallest absolute Gasteiger partial charge is 0.344 e. The number of carbonyl (C=O) groups is 1. The fraction of sp³-hybridized carbons (Fsp3) is 0.167. The molecule has 0 aliphatic rings. The van der Waals surface area contributed by atoms with Crippen LogP contribution in [0.3, 0.4) is 0 Å². The molecule has 0 fully saturated rings. The first-order valence-corrected chi connectivity index (χ1v) is 13.5. The summed E-state index contributed by atoms with van der Waals surface area (Å²) in [5, 5.41) is 4.06. The minimum Gasteiger partial charge on any atom is -1.00 e. The van der Waals surface area contributed by atoms with Crippen LogP contribution in [0.5, 0.6) is 5.75 Å². The monoisotopic (exact) mass is 504 g/mol. The molecule has 4 rings (SSSR count). The van der Waals surface area contributed by atoms with Gasteiger partial charge in [-0.15, -0.1) is 0 Å². The van der Waals surface area contributed by atoms with Gasteiger partial charge < -0.3 is 21.9 Å². The van der Waals surface area contributed by atoms with Crippen molar-refractivity contribution in [2.45, 2.75) is 20.0 Å². The Bertz CT molecular complexity index is 1120. The third kappa shape index (κ3) is 6.11. The third-order valence-corrected chi connectivity index (χ3v) is 10.3. The lowest BCUT2D eigenvalue weighted by Crippen LogP contribution is -3.00. The quantitative estimate of drug-likeness (QED) is 0.259. The lowest BCUT2D eigenvalue weighted by atomic mass is 10.1. The summed E-state index contributed by atoms with van der Waals surface area (Å²) >= 11 is 0. The van der Waals surface area contributed by atoms with Gasteiger partial charge in [0.05, 0.1) is 12.8 Å². The first-order chi connectivity index (χ1) is 16.6. The van der Waals surface area contributed by atoms with Gasteiger partial charge >= 0.3 is 5.97 Å². The Morgan fingerprint density at radius 1 is 0.743 bits per heavy atom. The van der Waals surface area contributed by atoms with E-state index < -0.39 is 7.26 Å².